The van der Waals surface area contributed by atoms with Crippen LogP contribution in [0, 0.1) is 13.8 Å². The maximum atomic E-state index is 4.28. The summed E-state index contributed by atoms with van der Waals surface area (Å²) >= 11 is 0. The summed E-state index contributed by atoms with van der Waals surface area (Å²) in [4.78, 5) is 0. The van der Waals surface area contributed by atoms with Crippen LogP contribution in [0.25, 0.3) is 0 Å². The molecule has 0 aliphatic heterocycles. The van der Waals surface area contributed by atoms with E-state index < -0.39 is 0 Å². The highest BCUT2D eigenvalue weighted by Gasteiger charge is 2.16. The van der Waals surface area contributed by atoms with E-state index in [0.29, 0.717) is 6.04 Å². The van der Waals surface area contributed by atoms with Crippen molar-refractivity contribution < 1.29 is 0 Å². The van der Waals surface area contributed by atoms with Crippen LogP contribution in [0.15, 0.2) is 30.5 Å². The van der Waals surface area contributed by atoms with Crippen LogP contribution in [0.1, 0.15) is 35.3 Å². The molecule has 1 heterocycles. The van der Waals surface area contributed by atoms with Crippen molar-refractivity contribution in [1.29, 1.82) is 0 Å². The molecule has 3 nitrogen and oxygen atoms in total. The van der Waals surface area contributed by atoms with Crippen molar-refractivity contribution in [1.82, 2.24) is 15.1 Å². The quantitative estimate of drug-likeness (QED) is 0.892. The molecular weight excluding hydrogens is 234 g/mol. The van der Waals surface area contributed by atoms with E-state index in [0.717, 1.165) is 13.0 Å². The molecule has 1 N–H and O–H groups in total. The number of nitrogens with zero attached hydrogens (tertiary/aromatic N) is 2. The zero-order valence-corrected chi connectivity index (χ0v) is 12.3. The third kappa shape index (κ3) is 3.04. The van der Waals surface area contributed by atoms with Crippen molar-refractivity contribution in [3.8, 4) is 0 Å². The molecule has 19 heavy (non-hydrogen) atoms. The smallest absolute Gasteiger partial charge is 0.0553 e. The molecule has 0 fully saturated rings. The molecule has 1 aromatic heterocycles. The fourth-order valence-corrected chi connectivity index (χ4v) is 2.63. The van der Waals surface area contributed by atoms with Gasteiger partial charge in [0.25, 0.3) is 0 Å². The SMILES string of the molecule is CCNC(Cc1c(C)cccc1C)c1ccnn1C. The number of benzene rings is 1. The lowest BCUT2D eigenvalue weighted by molar-refractivity contribution is 0.506. The summed E-state index contributed by atoms with van der Waals surface area (Å²) in [7, 11) is 2.00. The topological polar surface area (TPSA) is 29.9 Å². The molecule has 2 rings (SSSR count). The molecule has 102 valence electrons. The summed E-state index contributed by atoms with van der Waals surface area (Å²) in [6, 6.07) is 8.92. The molecule has 0 bridgehead atoms. The molecule has 2 aromatic rings. The number of hydrogen-bond donors (Lipinski definition) is 1. The molecule has 1 unspecified atom stereocenters. The molecular formula is C16H23N3. The Morgan fingerprint density at radius 3 is 2.42 bits per heavy atom. The van der Waals surface area contributed by atoms with Crippen LogP contribution in [0.2, 0.25) is 0 Å². The van der Waals surface area contributed by atoms with Crippen LogP contribution in [0.5, 0.6) is 0 Å². The molecule has 0 amide bonds. The van der Waals surface area contributed by atoms with Gasteiger partial charge in [-0.05, 0) is 49.6 Å². The van der Waals surface area contributed by atoms with Gasteiger partial charge in [-0.15, -0.1) is 0 Å². The van der Waals surface area contributed by atoms with E-state index >= 15 is 0 Å². The Balaban J connectivity index is 2.29. The highest BCUT2D eigenvalue weighted by atomic mass is 15.3. The summed E-state index contributed by atoms with van der Waals surface area (Å²) in [6.07, 6.45) is 2.87. The normalized spacial score (nSPS) is 12.6. The number of aryl methyl sites for hydroxylation is 3. The van der Waals surface area contributed by atoms with Gasteiger partial charge in [0.1, 0.15) is 0 Å². The van der Waals surface area contributed by atoms with Crippen molar-refractivity contribution in [2.24, 2.45) is 7.05 Å². The van der Waals surface area contributed by atoms with Crippen LogP contribution >= 0.6 is 0 Å². The molecule has 0 saturated carbocycles. The Hall–Kier alpha value is -1.61. The van der Waals surface area contributed by atoms with Gasteiger partial charge in [-0.2, -0.15) is 5.10 Å². The standard InChI is InChI=1S/C16H23N3/c1-5-17-15(16-9-10-18-19(16)4)11-14-12(2)7-6-8-13(14)3/h6-10,15,17H,5,11H2,1-4H3. The van der Waals surface area contributed by atoms with Gasteiger partial charge in [-0.25, -0.2) is 0 Å². The van der Waals surface area contributed by atoms with Gasteiger partial charge in [-0.3, -0.25) is 4.68 Å². The lowest BCUT2D eigenvalue weighted by Crippen LogP contribution is -2.25. The fraction of sp³-hybridized carbons (Fsp3) is 0.438. The maximum absolute atomic E-state index is 4.28. The Labute approximate surface area is 115 Å². The van der Waals surface area contributed by atoms with E-state index in [-0.39, 0.29) is 0 Å². The van der Waals surface area contributed by atoms with Gasteiger partial charge in [0.2, 0.25) is 0 Å². The van der Waals surface area contributed by atoms with E-state index in [1.165, 1.54) is 22.4 Å². The monoisotopic (exact) mass is 257 g/mol. The third-order valence-electron chi connectivity index (χ3n) is 3.72. The Morgan fingerprint density at radius 1 is 1.21 bits per heavy atom. The predicted octanol–water partition coefficient (Wildman–Crippen LogP) is 2.93. The minimum atomic E-state index is 0.317. The first-order valence-electron chi connectivity index (χ1n) is 6.89. The lowest BCUT2D eigenvalue weighted by atomic mass is 9.95. The van der Waals surface area contributed by atoms with E-state index in [2.05, 4.69) is 55.5 Å². The van der Waals surface area contributed by atoms with Crippen molar-refractivity contribution in [2.45, 2.75) is 33.2 Å². The Kier molecular flexibility index (Phi) is 4.38. The predicted molar refractivity (Wildman–Crippen MR) is 79.2 cm³/mol. The summed E-state index contributed by atoms with van der Waals surface area (Å²) in [5.74, 6) is 0. The summed E-state index contributed by atoms with van der Waals surface area (Å²) in [6.45, 7) is 7.48. The van der Waals surface area contributed by atoms with E-state index in [4.69, 9.17) is 0 Å². The first-order chi connectivity index (χ1) is 9.13. The van der Waals surface area contributed by atoms with E-state index in [1.54, 1.807) is 0 Å². The first kappa shape index (κ1) is 13.8. The summed E-state index contributed by atoms with van der Waals surface area (Å²) in [5, 5.41) is 7.85. The molecule has 0 radical (unpaired) electrons. The third-order valence-corrected chi connectivity index (χ3v) is 3.72. The van der Waals surface area contributed by atoms with Gasteiger partial charge in [0.05, 0.1) is 11.7 Å². The second-order valence-corrected chi connectivity index (χ2v) is 5.06. The highest BCUT2D eigenvalue weighted by molar-refractivity contribution is 5.34. The minimum absolute atomic E-state index is 0.317. The molecule has 0 aliphatic rings. The average molecular weight is 257 g/mol. The van der Waals surface area contributed by atoms with Gasteiger partial charge < -0.3 is 5.32 Å². The number of hydrogen-bond acceptors (Lipinski definition) is 2. The molecule has 1 atom stereocenters. The number of aromatic nitrogens is 2. The molecule has 3 heteroatoms. The van der Waals surface area contributed by atoms with Gasteiger partial charge >= 0.3 is 0 Å². The summed E-state index contributed by atoms with van der Waals surface area (Å²) in [5.41, 5.74) is 5.41. The number of likely N-dealkylation sites (N-methyl/N-ethyl adjacent to an activating group) is 1. The van der Waals surface area contributed by atoms with Crippen molar-refractivity contribution >= 4 is 0 Å². The molecule has 0 spiro atoms. The van der Waals surface area contributed by atoms with Crippen LogP contribution in [0.4, 0.5) is 0 Å². The van der Waals surface area contributed by atoms with Crippen molar-refractivity contribution in [2.75, 3.05) is 6.54 Å². The van der Waals surface area contributed by atoms with Gasteiger partial charge in [0, 0.05) is 13.2 Å². The van der Waals surface area contributed by atoms with E-state index in [1.807, 2.05) is 17.9 Å². The van der Waals surface area contributed by atoms with Crippen LogP contribution in [0.3, 0.4) is 0 Å². The molecule has 1 aromatic carbocycles. The molecule has 0 saturated heterocycles. The zero-order valence-electron chi connectivity index (χ0n) is 12.3. The maximum Gasteiger partial charge on any atom is 0.0553 e. The Bertz CT molecular complexity index is 522. The highest BCUT2D eigenvalue weighted by Crippen LogP contribution is 2.22. The van der Waals surface area contributed by atoms with Crippen LogP contribution in [-0.2, 0) is 13.5 Å². The van der Waals surface area contributed by atoms with Gasteiger partial charge in [0.15, 0.2) is 0 Å². The van der Waals surface area contributed by atoms with Gasteiger partial charge in [-0.1, -0.05) is 25.1 Å². The Morgan fingerprint density at radius 2 is 1.89 bits per heavy atom. The zero-order chi connectivity index (χ0) is 13.8. The fourth-order valence-electron chi connectivity index (χ4n) is 2.63. The first-order valence-corrected chi connectivity index (χ1v) is 6.89. The average Bonchev–Trinajstić information content (AvgIpc) is 2.79. The molecule has 0 aliphatic carbocycles. The number of rotatable bonds is 5. The van der Waals surface area contributed by atoms with Crippen LogP contribution < -0.4 is 5.32 Å². The number of nitrogens with one attached hydrogen (secondary N) is 1. The van der Waals surface area contributed by atoms with E-state index in [9.17, 15) is 0 Å². The second-order valence-electron chi connectivity index (χ2n) is 5.06. The lowest BCUT2D eigenvalue weighted by Gasteiger charge is -2.20. The van der Waals surface area contributed by atoms with Crippen molar-refractivity contribution in [3.63, 3.8) is 0 Å². The minimum Gasteiger partial charge on any atom is -0.309 e. The van der Waals surface area contributed by atoms with Crippen LogP contribution in [-0.4, -0.2) is 16.3 Å². The second kappa shape index (κ2) is 6.02. The summed E-state index contributed by atoms with van der Waals surface area (Å²) < 4.78 is 1.96. The van der Waals surface area contributed by atoms with Crippen molar-refractivity contribution in [3.05, 3.63) is 52.8 Å². The largest absolute Gasteiger partial charge is 0.309 e.